The molecule has 0 saturated carbocycles. The average molecular weight is 267 g/mol. The second kappa shape index (κ2) is 4.04. The van der Waals surface area contributed by atoms with E-state index in [9.17, 15) is 10.1 Å². The molecular formula is C10H5NO2S3. The van der Waals surface area contributed by atoms with Gasteiger partial charge in [-0.1, -0.05) is 36.6 Å². The lowest BCUT2D eigenvalue weighted by molar-refractivity contribution is -0.384. The molecule has 3 nitrogen and oxygen atoms in total. The Morgan fingerprint density at radius 1 is 1.25 bits per heavy atom. The Morgan fingerprint density at radius 2 is 1.94 bits per heavy atom. The minimum atomic E-state index is -0.442. The SMILES string of the molecule is O=[N+]([O-])c1cccc(-c2c(S)c(=S)c2=S)c1. The van der Waals surface area contributed by atoms with Gasteiger partial charge < -0.3 is 0 Å². The normalized spacial score (nSPS) is 10.6. The van der Waals surface area contributed by atoms with E-state index in [1.807, 2.05) is 0 Å². The molecule has 0 heterocycles. The molecule has 0 radical (unpaired) electrons. The van der Waals surface area contributed by atoms with Crippen molar-refractivity contribution in [2.75, 3.05) is 0 Å². The summed E-state index contributed by atoms with van der Waals surface area (Å²) < 4.78 is 1.11. The van der Waals surface area contributed by atoms with Crippen molar-refractivity contribution in [1.82, 2.24) is 0 Å². The van der Waals surface area contributed by atoms with Gasteiger partial charge in [0, 0.05) is 22.6 Å². The number of thiol groups is 1. The summed E-state index contributed by atoms with van der Waals surface area (Å²) in [6, 6.07) is 6.28. The van der Waals surface area contributed by atoms with Crippen molar-refractivity contribution in [1.29, 1.82) is 0 Å². The fourth-order valence-corrected chi connectivity index (χ4v) is 2.45. The molecule has 0 amide bonds. The average Bonchev–Trinajstić information content (AvgIpc) is 2.29. The van der Waals surface area contributed by atoms with Crippen LogP contribution < -0.4 is 0 Å². The summed E-state index contributed by atoms with van der Waals surface area (Å²) >= 11 is 14.3. The third-order valence-corrected chi connectivity index (χ3v) is 3.78. The van der Waals surface area contributed by atoms with Crippen LogP contribution in [-0.4, -0.2) is 4.92 Å². The summed E-state index contributed by atoms with van der Waals surface area (Å²) in [5.41, 5.74) is 1.46. The van der Waals surface area contributed by atoms with E-state index in [1.54, 1.807) is 12.1 Å². The van der Waals surface area contributed by atoms with Crippen molar-refractivity contribution in [3.8, 4) is 11.1 Å². The van der Waals surface area contributed by atoms with Crippen LogP contribution in [0.25, 0.3) is 11.1 Å². The molecular weight excluding hydrogens is 262 g/mol. The van der Waals surface area contributed by atoms with Crippen molar-refractivity contribution in [3.05, 3.63) is 43.4 Å². The molecule has 2 aromatic carbocycles. The van der Waals surface area contributed by atoms with Crippen molar-refractivity contribution in [3.63, 3.8) is 0 Å². The summed E-state index contributed by atoms with van der Waals surface area (Å²) in [4.78, 5) is 10.8. The van der Waals surface area contributed by atoms with Crippen LogP contribution in [0.1, 0.15) is 0 Å². The maximum atomic E-state index is 10.6. The zero-order valence-electron chi connectivity index (χ0n) is 7.84. The van der Waals surface area contributed by atoms with Crippen LogP contribution in [-0.2, 0) is 0 Å². The summed E-state index contributed by atoms with van der Waals surface area (Å²) in [5, 5.41) is 10.6. The maximum Gasteiger partial charge on any atom is 0.270 e. The molecule has 0 N–H and O–H groups in total. The summed E-state index contributed by atoms with van der Waals surface area (Å²) in [5.74, 6) is 0. The Hall–Kier alpha value is -1.11. The van der Waals surface area contributed by atoms with Gasteiger partial charge in [-0.3, -0.25) is 10.1 Å². The highest BCUT2D eigenvalue weighted by molar-refractivity contribution is 7.81. The van der Waals surface area contributed by atoms with E-state index in [0.717, 1.165) is 5.56 Å². The number of benzene rings is 1. The minimum absolute atomic E-state index is 0.0340. The van der Waals surface area contributed by atoms with Gasteiger partial charge in [-0.25, -0.2) is 0 Å². The van der Waals surface area contributed by atoms with Gasteiger partial charge in [0.05, 0.1) is 13.9 Å². The molecule has 0 saturated heterocycles. The second-order valence-electron chi connectivity index (χ2n) is 3.19. The van der Waals surface area contributed by atoms with Crippen LogP contribution >= 0.6 is 37.1 Å². The molecule has 2 rings (SSSR count). The zero-order chi connectivity index (χ0) is 11.9. The van der Waals surface area contributed by atoms with Crippen LogP contribution in [0, 0.1) is 19.1 Å². The number of hydrogen-bond donors (Lipinski definition) is 1. The molecule has 0 spiro atoms. The summed E-state index contributed by atoms with van der Waals surface area (Å²) in [6.07, 6.45) is 0. The van der Waals surface area contributed by atoms with E-state index < -0.39 is 4.92 Å². The van der Waals surface area contributed by atoms with Crippen molar-refractivity contribution >= 4 is 42.8 Å². The van der Waals surface area contributed by atoms with Gasteiger partial charge in [0.2, 0.25) is 0 Å². The van der Waals surface area contributed by atoms with Gasteiger partial charge in [0.25, 0.3) is 5.69 Å². The van der Waals surface area contributed by atoms with Crippen LogP contribution in [0.4, 0.5) is 5.69 Å². The van der Waals surface area contributed by atoms with Gasteiger partial charge >= 0.3 is 0 Å². The van der Waals surface area contributed by atoms with E-state index >= 15 is 0 Å². The summed E-state index contributed by atoms with van der Waals surface area (Å²) in [6.45, 7) is 0. The van der Waals surface area contributed by atoms with Gasteiger partial charge in [-0.15, -0.1) is 12.6 Å². The first-order valence-electron chi connectivity index (χ1n) is 4.29. The molecule has 0 aliphatic carbocycles. The van der Waals surface area contributed by atoms with E-state index in [-0.39, 0.29) is 5.69 Å². The Kier molecular flexibility index (Phi) is 2.88. The first kappa shape index (κ1) is 11.4. The van der Waals surface area contributed by atoms with E-state index in [4.69, 9.17) is 24.4 Å². The maximum absolute atomic E-state index is 10.6. The third-order valence-electron chi connectivity index (χ3n) is 2.23. The predicted octanol–water partition coefficient (Wildman–Crippen LogP) is 3.89. The molecule has 0 unspecified atom stereocenters. The quantitative estimate of drug-likeness (QED) is 0.388. The Labute approximate surface area is 107 Å². The van der Waals surface area contributed by atoms with E-state index in [0.29, 0.717) is 19.5 Å². The highest BCUT2D eigenvalue weighted by atomic mass is 32.1. The Bertz CT molecular complexity index is 656. The lowest BCUT2D eigenvalue weighted by Crippen LogP contribution is -1.92. The van der Waals surface area contributed by atoms with Crippen molar-refractivity contribution in [2.45, 2.75) is 4.90 Å². The van der Waals surface area contributed by atoms with Gasteiger partial charge in [-0.2, -0.15) is 0 Å². The lowest BCUT2D eigenvalue weighted by Gasteiger charge is -2.09. The Morgan fingerprint density at radius 3 is 2.50 bits per heavy atom. The van der Waals surface area contributed by atoms with Gasteiger partial charge in [0.15, 0.2) is 0 Å². The first-order valence-corrected chi connectivity index (χ1v) is 5.56. The topological polar surface area (TPSA) is 43.1 Å². The highest BCUT2D eigenvalue weighted by Gasteiger charge is 2.15. The number of non-ortho nitro benzene ring substituents is 1. The van der Waals surface area contributed by atoms with Crippen LogP contribution in [0.5, 0.6) is 0 Å². The number of hydrogen-bond acceptors (Lipinski definition) is 5. The first-order chi connectivity index (χ1) is 7.52. The van der Waals surface area contributed by atoms with Gasteiger partial charge in [-0.05, 0) is 5.56 Å². The number of nitrogens with zero attached hydrogens (tertiary/aromatic N) is 1. The van der Waals surface area contributed by atoms with Crippen LogP contribution in [0.15, 0.2) is 29.2 Å². The number of rotatable bonds is 2. The molecule has 0 atom stereocenters. The monoisotopic (exact) mass is 267 g/mol. The molecule has 0 fully saturated rings. The minimum Gasteiger partial charge on any atom is -0.258 e. The molecule has 0 aliphatic heterocycles. The van der Waals surface area contributed by atoms with Crippen LogP contribution in [0.2, 0.25) is 0 Å². The highest BCUT2D eigenvalue weighted by Crippen LogP contribution is 2.35. The van der Waals surface area contributed by atoms with Crippen LogP contribution in [0.3, 0.4) is 0 Å². The van der Waals surface area contributed by atoms with Crippen molar-refractivity contribution in [2.24, 2.45) is 0 Å². The largest absolute Gasteiger partial charge is 0.270 e. The number of nitro benzene ring substituents is 1. The molecule has 6 heteroatoms. The molecule has 80 valence electrons. The second-order valence-corrected chi connectivity index (χ2v) is 4.45. The predicted molar refractivity (Wildman–Crippen MR) is 69.8 cm³/mol. The molecule has 0 bridgehead atoms. The Balaban J connectivity index is 2.59. The molecule has 0 aromatic heterocycles. The fourth-order valence-electron chi connectivity index (χ4n) is 1.42. The third kappa shape index (κ3) is 1.68. The number of nitro groups is 1. The smallest absolute Gasteiger partial charge is 0.258 e. The lowest BCUT2D eigenvalue weighted by atomic mass is 10.0. The zero-order valence-corrected chi connectivity index (χ0v) is 10.4. The van der Waals surface area contributed by atoms with Crippen molar-refractivity contribution < 1.29 is 4.92 Å². The summed E-state index contributed by atoms with van der Waals surface area (Å²) in [7, 11) is 0. The van der Waals surface area contributed by atoms with Gasteiger partial charge in [0.1, 0.15) is 0 Å². The van der Waals surface area contributed by atoms with E-state index in [2.05, 4.69) is 12.6 Å². The fraction of sp³-hybridized carbons (Fsp3) is 0. The standard InChI is InChI=1S/C10H5NO2S3/c12-11(13)6-3-1-2-5(4-6)7-8(14)10(16)9(7)15/h1-4,14H. The molecule has 16 heavy (non-hydrogen) atoms. The van der Waals surface area contributed by atoms with E-state index in [1.165, 1.54) is 12.1 Å². The molecule has 0 aliphatic rings. The molecule has 2 aromatic rings.